The summed E-state index contributed by atoms with van der Waals surface area (Å²) in [6.45, 7) is 15.4. The molecule has 4 rings (SSSR count). The lowest BCUT2D eigenvalue weighted by Crippen LogP contribution is -2.21. The van der Waals surface area contributed by atoms with Crippen molar-refractivity contribution in [2.75, 3.05) is 26.1 Å². The largest absolute Gasteiger partial charge is 0.506 e. The van der Waals surface area contributed by atoms with Gasteiger partial charge in [0.1, 0.15) is 28.9 Å². The number of nitrogen functional groups attached to an aromatic ring is 1. The van der Waals surface area contributed by atoms with E-state index in [1.807, 2.05) is 0 Å². The summed E-state index contributed by atoms with van der Waals surface area (Å²) < 4.78 is 40.8. The number of allylic oxidation sites excluding steroid dienone is 1. The van der Waals surface area contributed by atoms with Crippen LogP contribution in [0.5, 0.6) is 0 Å². The number of nitrogens with two attached hydrogens (primary N) is 1. The van der Waals surface area contributed by atoms with E-state index in [2.05, 4.69) is 46.6 Å². The molecule has 1 saturated heterocycles. The second kappa shape index (κ2) is 13.2. The van der Waals surface area contributed by atoms with Crippen LogP contribution in [0, 0.1) is 36.1 Å². The third kappa shape index (κ3) is 6.38. The maximum atomic E-state index is 14.2. The fourth-order valence-corrected chi connectivity index (χ4v) is 4.42. The fourth-order valence-electron chi connectivity index (χ4n) is 3.75. The SMILES string of the molecule is [C-]#[N+]/C(C#N)=C(/OC)c1ccc(Br)cc1F.[C-]#[N+]c1c(-c2ccc(Br)cc2F)nn(C2CCOCC2)c1N. The van der Waals surface area contributed by atoms with E-state index in [9.17, 15) is 8.78 Å². The highest BCUT2D eigenvalue weighted by Crippen LogP contribution is 2.39. The molecule has 0 bridgehead atoms. The molecule has 1 fully saturated rings. The highest BCUT2D eigenvalue weighted by atomic mass is 79.9. The summed E-state index contributed by atoms with van der Waals surface area (Å²) in [5.74, 6) is -0.750. The number of anilines is 1. The minimum absolute atomic E-state index is 0.0532. The van der Waals surface area contributed by atoms with E-state index < -0.39 is 11.6 Å². The van der Waals surface area contributed by atoms with E-state index >= 15 is 0 Å². The van der Waals surface area contributed by atoms with Crippen LogP contribution >= 0.6 is 31.9 Å². The first-order valence-corrected chi connectivity index (χ1v) is 12.6. The lowest BCUT2D eigenvalue weighted by molar-refractivity contribution is 0.0669. The summed E-state index contributed by atoms with van der Waals surface area (Å²) in [6, 6.07) is 10.7. The van der Waals surface area contributed by atoms with Crippen LogP contribution in [0.25, 0.3) is 26.7 Å². The van der Waals surface area contributed by atoms with Crippen LogP contribution in [0.2, 0.25) is 0 Å². The van der Waals surface area contributed by atoms with Crippen LogP contribution in [-0.2, 0) is 9.47 Å². The Morgan fingerprint density at radius 3 is 2.32 bits per heavy atom. The Balaban J connectivity index is 0.000000223. The van der Waals surface area contributed by atoms with E-state index in [0.717, 1.165) is 12.8 Å². The first kappa shape index (κ1) is 28.8. The number of nitriles is 1. The van der Waals surface area contributed by atoms with Crippen LogP contribution in [0.1, 0.15) is 24.4 Å². The molecule has 0 spiro atoms. The van der Waals surface area contributed by atoms with Gasteiger partial charge in [-0.1, -0.05) is 31.9 Å². The molecule has 2 N–H and O–H groups in total. The van der Waals surface area contributed by atoms with Gasteiger partial charge in [0, 0.05) is 33.3 Å². The molecule has 3 aromatic rings. The molecule has 2 heterocycles. The Bertz CT molecular complexity index is 1480. The molecule has 0 amide bonds. The van der Waals surface area contributed by atoms with Crippen LogP contribution in [0.15, 0.2) is 51.0 Å². The van der Waals surface area contributed by atoms with Crippen molar-refractivity contribution in [3.63, 3.8) is 0 Å². The van der Waals surface area contributed by atoms with Crippen LogP contribution < -0.4 is 5.73 Å². The van der Waals surface area contributed by atoms with Crippen molar-refractivity contribution in [2.45, 2.75) is 18.9 Å². The summed E-state index contributed by atoms with van der Waals surface area (Å²) >= 11 is 6.34. The zero-order valence-corrected chi connectivity index (χ0v) is 23.2. The van der Waals surface area contributed by atoms with Gasteiger partial charge in [0.25, 0.3) is 5.69 Å². The van der Waals surface area contributed by atoms with Gasteiger partial charge in [-0.15, -0.1) is 0 Å². The average molecular weight is 646 g/mol. The van der Waals surface area contributed by atoms with Gasteiger partial charge >= 0.3 is 5.70 Å². The van der Waals surface area contributed by atoms with Crippen molar-refractivity contribution >= 4 is 49.1 Å². The summed E-state index contributed by atoms with van der Waals surface area (Å²) in [6.07, 6.45) is 1.57. The molecule has 0 radical (unpaired) electrons. The van der Waals surface area contributed by atoms with Gasteiger partial charge in [0.2, 0.25) is 0 Å². The van der Waals surface area contributed by atoms with Gasteiger partial charge < -0.3 is 15.2 Å². The Morgan fingerprint density at radius 1 is 1.16 bits per heavy atom. The highest BCUT2D eigenvalue weighted by molar-refractivity contribution is 9.10. The summed E-state index contributed by atoms with van der Waals surface area (Å²) in [5.41, 5.74) is 6.68. The smallest absolute Gasteiger partial charge is 0.303 e. The number of aromatic nitrogens is 2. The van der Waals surface area contributed by atoms with Crippen molar-refractivity contribution in [2.24, 2.45) is 0 Å². The fraction of sp³-hybridized carbons (Fsp3) is 0.231. The lowest BCUT2D eigenvalue weighted by atomic mass is 10.1. The molecule has 0 unspecified atom stereocenters. The molecular formula is C26H20Br2F2N6O2. The third-order valence-electron chi connectivity index (χ3n) is 5.57. The number of methoxy groups -OCH3 is 1. The normalized spacial score (nSPS) is 13.7. The minimum Gasteiger partial charge on any atom is -0.506 e. The molecule has 0 atom stereocenters. The molecule has 2 aromatic carbocycles. The Morgan fingerprint density at radius 2 is 1.79 bits per heavy atom. The van der Waals surface area contributed by atoms with Gasteiger partial charge in [-0.3, -0.25) is 4.68 Å². The van der Waals surface area contributed by atoms with E-state index in [-0.39, 0.29) is 34.3 Å². The number of benzene rings is 2. The van der Waals surface area contributed by atoms with Gasteiger partial charge in [-0.25, -0.2) is 23.7 Å². The summed E-state index contributed by atoms with van der Waals surface area (Å²) in [7, 11) is 1.29. The summed E-state index contributed by atoms with van der Waals surface area (Å²) in [4.78, 5) is 6.44. The maximum absolute atomic E-state index is 14.2. The molecule has 12 heteroatoms. The van der Waals surface area contributed by atoms with Crippen molar-refractivity contribution < 1.29 is 18.3 Å². The first-order valence-electron chi connectivity index (χ1n) is 11.1. The number of hydrogen-bond donors (Lipinski definition) is 1. The quantitative estimate of drug-likeness (QED) is 0.183. The lowest BCUT2D eigenvalue weighted by Gasteiger charge is -2.23. The number of halogens is 4. The van der Waals surface area contributed by atoms with Crippen LogP contribution in [0.3, 0.4) is 0 Å². The Hall–Kier alpha value is -3.76. The second-order valence-electron chi connectivity index (χ2n) is 7.84. The Kier molecular flexibility index (Phi) is 9.98. The molecule has 8 nitrogen and oxygen atoms in total. The molecule has 0 aliphatic carbocycles. The van der Waals surface area contributed by atoms with Crippen molar-refractivity contribution in [3.05, 3.63) is 91.1 Å². The molecule has 1 aliphatic rings. The number of hydrogen-bond acceptors (Lipinski definition) is 5. The zero-order valence-electron chi connectivity index (χ0n) is 20.0. The van der Waals surface area contributed by atoms with E-state index in [0.29, 0.717) is 33.7 Å². The molecule has 0 saturated carbocycles. The molecule has 38 heavy (non-hydrogen) atoms. The van der Waals surface area contributed by atoms with Gasteiger partial charge in [-0.05, 0) is 49.2 Å². The van der Waals surface area contributed by atoms with Gasteiger partial charge in [0.05, 0.1) is 32.4 Å². The van der Waals surface area contributed by atoms with E-state index in [4.69, 9.17) is 33.6 Å². The third-order valence-corrected chi connectivity index (χ3v) is 6.56. The summed E-state index contributed by atoms with van der Waals surface area (Å²) in [5, 5.41) is 13.1. The zero-order chi connectivity index (χ0) is 27.8. The minimum atomic E-state index is -0.553. The van der Waals surface area contributed by atoms with Gasteiger partial charge in [0.15, 0.2) is 0 Å². The molecule has 194 valence electrons. The predicted molar refractivity (Wildman–Crippen MR) is 145 cm³/mol. The standard InChI is InChI=1S/C15H14BrFN4O.C11H6BrFN2O/c1-19-14-13(11-3-2-9(16)8-12(11)17)20-21(15(14)18)10-4-6-22-7-5-10;1-15-10(6-14)11(16-2)8-4-3-7(12)5-9(8)13/h2-3,8,10H,4-7,18H2;3-5H,2H3/b;11-10+. The molecular weight excluding hydrogens is 626 g/mol. The van der Waals surface area contributed by atoms with Crippen LogP contribution in [0.4, 0.5) is 20.3 Å². The average Bonchev–Trinajstić information content (AvgIpc) is 3.24. The number of nitrogens with zero attached hydrogens (tertiary/aromatic N) is 5. The van der Waals surface area contributed by atoms with Gasteiger partial charge in [-0.2, -0.15) is 5.10 Å². The number of rotatable bonds is 4. The van der Waals surface area contributed by atoms with E-state index in [1.165, 1.54) is 25.3 Å². The molecule has 1 aromatic heterocycles. The van der Waals surface area contributed by atoms with Crippen molar-refractivity contribution in [1.82, 2.24) is 9.78 Å². The topological polar surface area (TPSA) is 94.8 Å². The van der Waals surface area contributed by atoms with Crippen LogP contribution in [-0.4, -0.2) is 30.1 Å². The second-order valence-corrected chi connectivity index (χ2v) is 9.67. The first-order chi connectivity index (χ1) is 18.2. The monoisotopic (exact) mass is 644 g/mol. The number of ether oxygens (including phenoxy) is 2. The van der Waals surface area contributed by atoms with E-state index in [1.54, 1.807) is 29.0 Å². The predicted octanol–water partition coefficient (Wildman–Crippen LogP) is 7.28. The Labute approximate surface area is 235 Å². The maximum Gasteiger partial charge on any atom is 0.303 e. The van der Waals surface area contributed by atoms with Crippen molar-refractivity contribution in [1.29, 1.82) is 5.26 Å². The molecule has 1 aliphatic heterocycles. The highest BCUT2D eigenvalue weighted by Gasteiger charge is 2.25. The van der Waals surface area contributed by atoms with Crippen molar-refractivity contribution in [3.8, 4) is 17.3 Å².